The number of anilines is 1. The lowest BCUT2D eigenvalue weighted by Gasteiger charge is -2.19. The number of hydrogen-bond acceptors (Lipinski definition) is 6. The third-order valence-electron chi connectivity index (χ3n) is 5.43. The summed E-state index contributed by atoms with van der Waals surface area (Å²) in [7, 11) is 2.06. The van der Waals surface area contributed by atoms with Crippen LogP contribution in [-0.2, 0) is 19.5 Å². The number of hydrogen-bond donors (Lipinski definition) is 0. The van der Waals surface area contributed by atoms with Crippen LogP contribution in [-0.4, -0.2) is 31.8 Å². The van der Waals surface area contributed by atoms with Gasteiger partial charge in [0.15, 0.2) is 5.82 Å². The number of thiophene rings is 1. The predicted molar refractivity (Wildman–Crippen MR) is 118 cm³/mol. The minimum Gasteiger partial charge on any atom is -0.351 e. The maximum atomic E-state index is 6.08. The first-order chi connectivity index (χ1) is 14.2. The Morgan fingerprint density at radius 3 is 2.83 bits per heavy atom. The molecule has 0 saturated heterocycles. The lowest BCUT2D eigenvalue weighted by Crippen LogP contribution is -2.21. The number of benzene rings is 1. The summed E-state index contributed by atoms with van der Waals surface area (Å²) in [4.78, 5) is 12.3. The summed E-state index contributed by atoms with van der Waals surface area (Å²) in [5.41, 5.74) is 2.24. The third kappa shape index (κ3) is 3.49. The van der Waals surface area contributed by atoms with Crippen LogP contribution in [0, 0.1) is 0 Å². The molecule has 1 aliphatic heterocycles. The Balaban J connectivity index is 1.52. The highest BCUT2D eigenvalue weighted by Crippen LogP contribution is 2.38. The highest BCUT2D eigenvalue weighted by molar-refractivity contribution is 7.17. The summed E-state index contributed by atoms with van der Waals surface area (Å²) >= 11 is 7.71. The molecule has 4 aromatic rings. The molecule has 1 aliphatic rings. The van der Waals surface area contributed by atoms with Crippen molar-refractivity contribution in [3.63, 3.8) is 0 Å². The lowest BCUT2D eigenvalue weighted by atomic mass is 10.1. The second-order valence-electron chi connectivity index (χ2n) is 7.38. The number of fused-ring (bicyclic) bond motifs is 2. The Morgan fingerprint density at radius 2 is 1.97 bits per heavy atom. The highest BCUT2D eigenvalue weighted by Gasteiger charge is 2.20. The van der Waals surface area contributed by atoms with Crippen molar-refractivity contribution < 1.29 is 0 Å². The number of aryl methyl sites for hydroxylation is 1. The van der Waals surface area contributed by atoms with Crippen molar-refractivity contribution in [2.24, 2.45) is 0 Å². The van der Waals surface area contributed by atoms with Gasteiger partial charge < -0.3 is 9.47 Å². The maximum Gasteiger partial charge on any atom is 0.152 e. The van der Waals surface area contributed by atoms with Crippen LogP contribution >= 0.6 is 22.9 Å². The molecule has 0 bridgehead atoms. The largest absolute Gasteiger partial charge is 0.351 e. The highest BCUT2D eigenvalue weighted by atomic mass is 35.5. The summed E-state index contributed by atoms with van der Waals surface area (Å²) in [5, 5.41) is 12.9. The van der Waals surface area contributed by atoms with Crippen LogP contribution in [0.3, 0.4) is 0 Å². The maximum absolute atomic E-state index is 6.08. The van der Waals surface area contributed by atoms with E-state index in [1.54, 1.807) is 17.7 Å². The number of nitrogens with zero attached hydrogens (tertiary/aromatic N) is 6. The second-order valence-corrected chi connectivity index (χ2v) is 8.68. The summed E-state index contributed by atoms with van der Waals surface area (Å²) in [6.07, 6.45) is 6.29. The van der Waals surface area contributed by atoms with Gasteiger partial charge in [-0.3, -0.25) is 0 Å². The molecule has 0 unspecified atom stereocenters. The fraction of sp³-hybridized carbons (Fsp3) is 0.333. The van der Waals surface area contributed by atoms with E-state index in [9.17, 15) is 0 Å². The van der Waals surface area contributed by atoms with Crippen molar-refractivity contribution in [2.75, 3.05) is 11.9 Å². The van der Waals surface area contributed by atoms with E-state index in [0.29, 0.717) is 6.54 Å². The fourth-order valence-corrected chi connectivity index (χ4v) is 4.98. The van der Waals surface area contributed by atoms with Crippen LogP contribution in [0.2, 0.25) is 5.02 Å². The quantitative estimate of drug-likeness (QED) is 0.463. The van der Waals surface area contributed by atoms with Gasteiger partial charge >= 0.3 is 0 Å². The minimum absolute atomic E-state index is 0.662. The SMILES string of the molecule is CN(Cc1nnc2n1CCCCC2)c1ncnc2scc(-c3ccc(Cl)cc3)c12. The van der Waals surface area contributed by atoms with Crippen LogP contribution in [0.15, 0.2) is 36.0 Å². The molecule has 0 spiro atoms. The van der Waals surface area contributed by atoms with E-state index < -0.39 is 0 Å². The summed E-state index contributed by atoms with van der Waals surface area (Å²) in [5.74, 6) is 3.02. The van der Waals surface area contributed by atoms with Crippen molar-refractivity contribution in [3.8, 4) is 11.1 Å². The number of rotatable bonds is 4. The molecule has 6 nitrogen and oxygen atoms in total. The first-order valence-electron chi connectivity index (χ1n) is 9.81. The van der Waals surface area contributed by atoms with Gasteiger partial charge in [-0.2, -0.15) is 0 Å². The molecule has 3 aromatic heterocycles. The zero-order valence-corrected chi connectivity index (χ0v) is 17.7. The van der Waals surface area contributed by atoms with E-state index in [2.05, 4.69) is 42.1 Å². The van der Waals surface area contributed by atoms with E-state index in [0.717, 1.165) is 56.8 Å². The standard InChI is InChI=1S/C21H21ClN6S/c1-27(11-18-26-25-17-5-3-2-4-10-28(17)18)20-19-16(12-29-21(19)24-13-23-20)14-6-8-15(22)9-7-14/h6-9,12-13H,2-5,10-11H2,1H3. The van der Waals surface area contributed by atoms with Crippen LogP contribution in [0.4, 0.5) is 5.82 Å². The van der Waals surface area contributed by atoms with Crippen molar-refractivity contribution in [1.82, 2.24) is 24.7 Å². The van der Waals surface area contributed by atoms with Crippen LogP contribution in [0.25, 0.3) is 21.3 Å². The molecule has 0 fully saturated rings. The Morgan fingerprint density at radius 1 is 1.10 bits per heavy atom. The smallest absolute Gasteiger partial charge is 0.152 e. The van der Waals surface area contributed by atoms with Crippen molar-refractivity contribution in [1.29, 1.82) is 0 Å². The first kappa shape index (κ1) is 18.5. The Labute approximate surface area is 178 Å². The Bertz CT molecular complexity index is 1150. The van der Waals surface area contributed by atoms with E-state index in [-0.39, 0.29) is 0 Å². The second kappa shape index (κ2) is 7.72. The molecule has 1 aromatic carbocycles. The van der Waals surface area contributed by atoms with Gasteiger partial charge in [-0.05, 0) is 30.5 Å². The average molecular weight is 425 g/mol. The molecule has 8 heteroatoms. The summed E-state index contributed by atoms with van der Waals surface area (Å²) in [6.45, 7) is 1.66. The number of halogens is 1. The summed E-state index contributed by atoms with van der Waals surface area (Å²) in [6, 6.07) is 7.91. The zero-order chi connectivity index (χ0) is 19.8. The van der Waals surface area contributed by atoms with Gasteiger partial charge in [0, 0.05) is 36.0 Å². The van der Waals surface area contributed by atoms with E-state index in [1.165, 1.54) is 19.3 Å². The van der Waals surface area contributed by atoms with Gasteiger partial charge in [0.05, 0.1) is 11.9 Å². The Hall–Kier alpha value is -2.51. The molecule has 0 amide bonds. The fourth-order valence-electron chi connectivity index (χ4n) is 3.94. The molecule has 4 heterocycles. The van der Waals surface area contributed by atoms with Crippen LogP contribution in [0.5, 0.6) is 0 Å². The summed E-state index contributed by atoms with van der Waals surface area (Å²) < 4.78 is 2.29. The molecular formula is C21H21ClN6S. The molecule has 0 aliphatic carbocycles. The van der Waals surface area contributed by atoms with E-state index in [1.807, 2.05) is 24.3 Å². The normalized spacial score (nSPS) is 14.0. The van der Waals surface area contributed by atoms with Crippen LogP contribution in [0.1, 0.15) is 30.9 Å². The van der Waals surface area contributed by atoms with Gasteiger partial charge in [0.1, 0.15) is 22.8 Å². The Kier molecular flexibility index (Phi) is 4.93. The van der Waals surface area contributed by atoms with Crippen molar-refractivity contribution in [3.05, 3.63) is 52.6 Å². The molecule has 0 radical (unpaired) electrons. The molecule has 0 N–H and O–H groups in total. The molecule has 148 valence electrons. The monoisotopic (exact) mass is 424 g/mol. The average Bonchev–Trinajstić information content (AvgIpc) is 3.25. The molecular weight excluding hydrogens is 404 g/mol. The van der Waals surface area contributed by atoms with E-state index in [4.69, 9.17) is 11.6 Å². The third-order valence-corrected chi connectivity index (χ3v) is 6.57. The van der Waals surface area contributed by atoms with Crippen molar-refractivity contribution >= 4 is 39.0 Å². The van der Waals surface area contributed by atoms with E-state index >= 15 is 0 Å². The molecule has 29 heavy (non-hydrogen) atoms. The van der Waals surface area contributed by atoms with Crippen molar-refractivity contribution in [2.45, 2.75) is 38.8 Å². The minimum atomic E-state index is 0.662. The van der Waals surface area contributed by atoms with Gasteiger partial charge in [-0.25, -0.2) is 9.97 Å². The zero-order valence-electron chi connectivity index (χ0n) is 16.2. The number of aromatic nitrogens is 5. The van der Waals surface area contributed by atoms with Gasteiger partial charge in [-0.15, -0.1) is 21.5 Å². The molecule has 0 saturated carbocycles. The predicted octanol–water partition coefficient (Wildman–Crippen LogP) is 4.97. The molecule has 5 rings (SSSR count). The van der Waals surface area contributed by atoms with Crippen LogP contribution < -0.4 is 4.90 Å². The topological polar surface area (TPSA) is 59.7 Å². The van der Waals surface area contributed by atoms with Gasteiger partial charge in [0.25, 0.3) is 0 Å². The molecule has 0 atom stereocenters. The van der Waals surface area contributed by atoms with Gasteiger partial charge in [0.2, 0.25) is 0 Å². The first-order valence-corrected chi connectivity index (χ1v) is 11.1. The van der Waals surface area contributed by atoms with Gasteiger partial charge in [-0.1, -0.05) is 30.2 Å². The lowest BCUT2D eigenvalue weighted by molar-refractivity contribution is 0.601.